The topological polar surface area (TPSA) is 58.1 Å². The maximum absolute atomic E-state index is 12.6. The number of hydrogen-bond acceptors (Lipinski definition) is 6. The Morgan fingerprint density at radius 1 is 1.35 bits per heavy atom. The smallest absolute Gasteiger partial charge is 0.233 e. The Hall–Kier alpha value is -1.08. The van der Waals surface area contributed by atoms with Gasteiger partial charge in [0.2, 0.25) is 11.0 Å². The fraction of sp³-hybridized carbons (Fsp3) is 0.688. The fourth-order valence-electron chi connectivity index (χ4n) is 3.64. The lowest BCUT2D eigenvalue weighted by Gasteiger charge is -2.44. The summed E-state index contributed by atoms with van der Waals surface area (Å²) >= 11 is 3.00. The third-order valence-electron chi connectivity index (χ3n) is 4.69. The highest BCUT2D eigenvalue weighted by Crippen LogP contribution is 2.36. The molecular formula is C16H24N4OS2. The van der Waals surface area contributed by atoms with E-state index < -0.39 is 0 Å². The summed E-state index contributed by atoms with van der Waals surface area (Å²) in [6, 6.07) is 0.491. The molecule has 126 valence electrons. The highest BCUT2D eigenvalue weighted by molar-refractivity contribution is 8.01. The zero-order chi connectivity index (χ0) is 16.1. The van der Waals surface area contributed by atoms with E-state index in [1.165, 1.54) is 55.2 Å². The lowest BCUT2D eigenvalue weighted by molar-refractivity contribution is -0.134. The Morgan fingerprint density at radius 3 is 3.04 bits per heavy atom. The monoisotopic (exact) mass is 352 g/mol. The van der Waals surface area contributed by atoms with Gasteiger partial charge in [0.25, 0.3) is 0 Å². The van der Waals surface area contributed by atoms with Crippen LogP contribution in [-0.4, -0.2) is 45.9 Å². The van der Waals surface area contributed by atoms with Crippen LogP contribution in [0.15, 0.2) is 17.0 Å². The molecule has 2 atom stereocenters. The maximum Gasteiger partial charge on any atom is 0.233 e. The first-order chi connectivity index (χ1) is 11.3. The zero-order valence-corrected chi connectivity index (χ0v) is 15.0. The van der Waals surface area contributed by atoms with Crippen molar-refractivity contribution in [2.24, 2.45) is 5.92 Å². The molecular weight excluding hydrogens is 328 g/mol. The molecule has 1 aliphatic carbocycles. The first kappa shape index (κ1) is 16.8. The predicted molar refractivity (Wildman–Crippen MR) is 96.0 cm³/mol. The number of thioether (sulfide) groups is 1. The molecule has 1 aromatic rings. The number of amides is 1. The van der Waals surface area contributed by atoms with Gasteiger partial charge < -0.3 is 10.2 Å². The quantitative estimate of drug-likeness (QED) is 0.628. The standard InChI is InChI=1S/C16H24N4OS2/c1-2-9-17-15-18-19-16(23-15)22-11-14(21)20-10-5-7-12-6-3-4-8-13(12)20/h2,12-13H,1,3-11H2,(H,17,18)/t12-,13-/m0/s1. The van der Waals surface area contributed by atoms with Gasteiger partial charge >= 0.3 is 0 Å². The lowest BCUT2D eigenvalue weighted by Crippen LogP contribution is -2.50. The van der Waals surface area contributed by atoms with E-state index >= 15 is 0 Å². The number of nitrogens with one attached hydrogen (secondary N) is 1. The second kappa shape index (κ2) is 8.15. The molecule has 1 saturated heterocycles. The molecule has 2 fully saturated rings. The number of aromatic nitrogens is 2. The molecule has 5 nitrogen and oxygen atoms in total. The molecule has 1 amide bonds. The average Bonchev–Trinajstić information content (AvgIpc) is 3.05. The van der Waals surface area contributed by atoms with Crippen molar-refractivity contribution in [3.63, 3.8) is 0 Å². The van der Waals surface area contributed by atoms with Gasteiger partial charge in [-0.05, 0) is 31.6 Å². The van der Waals surface area contributed by atoms with E-state index in [-0.39, 0.29) is 5.91 Å². The summed E-state index contributed by atoms with van der Waals surface area (Å²) in [5.41, 5.74) is 0. The van der Waals surface area contributed by atoms with Crippen molar-refractivity contribution in [3.8, 4) is 0 Å². The predicted octanol–water partition coefficient (Wildman–Crippen LogP) is 3.41. The van der Waals surface area contributed by atoms with Gasteiger partial charge in [-0.2, -0.15) is 0 Å². The average molecular weight is 353 g/mol. The summed E-state index contributed by atoms with van der Waals surface area (Å²) in [6.45, 7) is 5.27. The Balaban J connectivity index is 1.52. The minimum absolute atomic E-state index is 0.266. The van der Waals surface area contributed by atoms with Crippen LogP contribution in [0.2, 0.25) is 0 Å². The number of likely N-dealkylation sites (tertiary alicyclic amines) is 1. The van der Waals surface area contributed by atoms with Gasteiger partial charge in [-0.1, -0.05) is 42.0 Å². The van der Waals surface area contributed by atoms with Crippen LogP contribution in [0.3, 0.4) is 0 Å². The molecule has 0 bridgehead atoms. The van der Waals surface area contributed by atoms with Gasteiger partial charge in [0.1, 0.15) is 0 Å². The minimum Gasteiger partial charge on any atom is -0.357 e. The number of piperidine rings is 1. The molecule has 1 saturated carbocycles. The van der Waals surface area contributed by atoms with Crippen LogP contribution < -0.4 is 5.32 Å². The zero-order valence-electron chi connectivity index (χ0n) is 13.4. The van der Waals surface area contributed by atoms with Crippen molar-refractivity contribution in [2.45, 2.75) is 48.9 Å². The third-order valence-corrected chi connectivity index (χ3v) is 6.69. The summed E-state index contributed by atoms with van der Waals surface area (Å²) in [7, 11) is 0. The van der Waals surface area contributed by atoms with Crippen LogP contribution in [0.25, 0.3) is 0 Å². The summed E-state index contributed by atoms with van der Waals surface area (Å²) in [6.07, 6.45) is 9.35. The van der Waals surface area contributed by atoms with Crippen molar-refractivity contribution in [1.29, 1.82) is 0 Å². The van der Waals surface area contributed by atoms with E-state index in [0.29, 0.717) is 18.3 Å². The molecule has 2 heterocycles. The minimum atomic E-state index is 0.266. The molecule has 7 heteroatoms. The molecule has 2 aliphatic rings. The number of hydrogen-bond donors (Lipinski definition) is 1. The van der Waals surface area contributed by atoms with Gasteiger partial charge in [0, 0.05) is 19.1 Å². The normalized spacial score (nSPS) is 24.1. The third kappa shape index (κ3) is 4.26. The van der Waals surface area contributed by atoms with E-state index in [1.54, 1.807) is 6.08 Å². The highest BCUT2D eigenvalue weighted by atomic mass is 32.2. The first-order valence-corrected chi connectivity index (χ1v) is 10.2. The van der Waals surface area contributed by atoms with E-state index in [4.69, 9.17) is 0 Å². The van der Waals surface area contributed by atoms with Crippen LogP contribution >= 0.6 is 23.1 Å². The molecule has 3 rings (SSSR count). The molecule has 0 radical (unpaired) electrons. The van der Waals surface area contributed by atoms with Gasteiger partial charge in [0.05, 0.1) is 5.75 Å². The SMILES string of the molecule is C=CCNc1nnc(SCC(=O)N2CCC[C@@H]3CCCC[C@@H]32)s1. The van der Waals surface area contributed by atoms with Crippen molar-refractivity contribution < 1.29 is 4.79 Å². The fourth-order valence-corrected chi connectivity index (χ4v) is 5.28. The number of anilines is 1. The number of carbonyl (C=O) groups excluding carboxylic acids is 1. The maximum atomic E-state index is 12.6. The summed E-state index contributed by atoms with van der Waals surface area (Å²) in [5.74, 6) is 1.48. The van der Waals surface area contributed by atoms with Crippen molar-refractivity contribution in [3.05, 3.63) is 12.7 Å². The molecule has 1 aromatic heterocycles. The van der Waals surface area contributed by atoms with Crippen LogP contribution in [0, 0.1) is 5.92 Å². The van der Waals surface area contributed by atoms with Crippen LogP contribution in [0.5, 0.6) is 0 Å². The van der Waals surface area contributed by atoms with E-state index in [1.807, 2.05) is 0 Å². The highest BCUT2D eigenvalue weighted by Gasteiger charge is 2.35. The van der Waals surface area contributed by atoms with E-state index in [0.717, 1.165) is 28.4 Å². The molecule has 1 aliphatic heterocycles. The van der Waals surface area contributed by atoms with Crippen molar-refractivity contribution >= 4 is 34.1 Å². The Kier molecular flexibility index (Phi) is 5.94. The lowest BCUT2D eigenvalue weighted by atomic mass is 9.78. The molecule has 0 spiro atoms. The second-order valence-corrected chi connectivity index (χ2v) is 8.37. The van der Waals surface area contributed by atoms with Crippen LogP contribution in [0.1, 0.15) is 38.5 Å². The molecule has 0 aromatic carbocycles. The van der Waals surface area contributed by atoms with Gasteiger partial charge in [-0.15, -0.1) is 16.8 Å². The second-order valence-electron chi connectivity index (χ2n) is 6.17. The Labute approximate surface area is 145 Å². The number of rotatable bonds is 6. The van der Waals surface area contributed by atoms with Gasteiger partial charge in [-0.25, -0.2) is 0 Å². The summed E-state index contributed by atoms with van der Waals surface area (Å²) in [5, 5.41) is 12.1. The van der Waals surface area contributed by atoms with Crippen LogP contribution in [-0.2, 0) is 4.79 Å². The Morgan fingerprint density at radius 2 is 2.17 bits per heavy atom. The van der Waals surface area contributed by atoms with Crippen molar-refractivity contribution in [1.82, 2.24) is 15.1 Å². The first-order valence-electron chi connectivity index (χ1n) is 8.38. The van der Waals surface area contributed by atoms with Gasteiger partial charge in [-0.3, -0.25) is 4.79 Å². The summed E-state index contributed by atoms with van der Waals surface area (Å²) in [4.78, 5) is 14.8. The molecule has 0 unspecified atom stereocenters. The van der Waals surface area contributed by atoms with Gasteiger partial charge in [0.15, 0.2) is 4.34 Å². The van der Waals surface area contributed by atoms with E-state index in [9.17, 15) is 4.79 Å². The van der Waals surface area contributed by atoms with E-state index in [2.05, 4.69) is 27.0 Å². The summed E-state index contributed by atoms with van der Waals surface area (Å²) < 4.78 is 0.849. The largest absolute Gasteiger partial charge is 0.357 e. The number of fused-ring (bicyclic) bond motifs is 1. The Bertz CT molecular complexity index is 546. The van der Waals surface area contributed by atoms with Crippen LogP contribution in [0.4, 0.5) is 5.13 Å². The molecule has 1 N–H and O–H groups in total. The number of carbonyl (C=O) groups is 1. The number of nitrogens with zero attached hydrogens (tertiary/aromatic N) is 3. The van der Waals surface area contributed by atoms with Crippen molar-refractivity contribution in [2.75, 3.05) is 24.2 Å². The molecule has 23 heavy (non-hydrogen) atoms.